The zero-order valence-corrected chi connectivity index (χ0v) is 12.8. The van der Waals surface area contributed by atoms with Gasteiger partial charge >= 0.3 is 11.9 Å². The van der Waals surface area contributed by atoms with Gasteiger partial charge in [0.05, 0.1) is 12.8 Å². The maximum Gasteiger partial charge on any atom is 0.431 e. The molecule has 2 rings (SSSR count). The predicted molar refractivity (Wildman–Crippen MR) is 79.5 cm³/mol. The van der Waals surface area contributed by atoms with Crippen LogP contribution >= 0.6 is 15.9 Å². The molecule has 0 spiro atoms. The quantitative estimate of drug-likeness (QED) is 0.890. The van der Waals surface area contributed by atoms with E-state index in [1.165, 1.54) is 19.3 Å². The summed E-state index contributed by atoms with van der Waals surface area (Å²) in [7, 11) is 1.48. The Labute approximate surface area is 131 Å². The lowest BCUT2D eigenvalue weighted by Gasteiger charge is -2.06. The number of aromatic amines is 1. The molecule has 4 nitrogen and oxygen atoms in total. The van der Waals surface area contributed by atoms with Crippen molar-refractivity contribution in [3.8, 4) is 5.75 Å². The lowest BCUT2D eigenvalue weighted by atomic mass is 10.1. The van der Waals surface area contributed by atoms with Gasteiger partial charge in [-0.15, -0.1) is 0 Å². The van der Waals surface area contributed by atoms with Crippen LogP contribution in [0.25, 0.3) is 12.2 Å². The molecule has 0 aliphatic rings. The SMILES string of the molecule is COc1ccc(Br)cc1C=Cc1cc(C(F)(F)F)[nH]c(=O)n1. The van der Waals surface area contributed by atoms with E-state index in [4.69, 9.17) is 4.74 Å². The second-order valence-corrected chi connectivity index (χ2v) is 5.16. The van der Waals surface area contributed by atoms with Crippen molar-refractivity contribution in [2.45, 2.75) is 6.18 Å². The molecule has 0 aliphatic heterocycles. The number of alkyl halides is 3. The molecule has 0 bridgehead atoms. The molecule has 1 N–H and O–H groups in total. The summed E-state index contributed by atoms with van der Waals surface area (Å²) in [6, 6.07) is 5.97. The van der Waals surface area contributed by atoms with Gasteiger partial charge in [0.15, 0.2) is 0 Å². The second-order valence-electron chi connectivity index (χ2n) is 4.24. The van der Waals surface area contributed by atoms with Crippen molar-refractivity contribution >= 4 is 28.1 Å². The zero-order chi connectivity index (χ0) is 16.3. The zero-order valence-electron chi connectivity index (χ0n) is 11.2. The molecule has 0 fully saturated rings. The van der Waals surface area contributed by atoms with Gasteiger partial charge in [0.2, 0.25) is 0 Å². The smallest absolute Gasteiger partial charge is 0.431 e. The van der Waals surface area contributed by atoms with Crippen LogP contribution in [0, 0.1) is 0 Å². The number of methoxy groups -OCH3 is 1. The summed E-state index contributed by atoms with van der Waals surface area (Å²) in [6.07, 6.45) is -1.81. The van der Waals surface area contributed by atoms with Gasteiger partial charge in [-0.3, -0.25) is 0 Å². The van der Waals surface area contributed by atoms with Crippen LogP contribution in [0.3, 0.4) is 0 Å². The molecule has 1 aromatic heterocycles. The summed E-state index contributed by atoms with van der Waals surface area (Å²) in [5.41, 5.74) is -1.67. The number of hydrogen-bond acceptors (Lipinski definition) is 3. The number of benzene rings is 1. The molecular weight excluding hydrogens is 365 g/mol. The van der Waals surface area contributed by atoms with Gasteiger partial charge in [-0.2, -0.15) is 18.2 Å². The van der Waals surface area contributed by atoms with Crippen LogP contribution in [-0.4, -0.2) is 17.1 Å². The Bertz CT molecular complexity index is 769. The maximum atomic E-state index is 12.6. The average Bonchev–Trinajstić information content (AvgIpc) is 2.44. The highest BCUT2D eigenvalue weighted by atomic mass is 79.9. The number of aromatic nitrogens is 2. The number of nitrogens with zero attached hydrogens (tertiary/aromatic N) is 1. The van der Waals surface area contributed by atoms with Crippen molar-refractivity contribution in [2.75, 3.05) is 7.11 Å². The normalized spacial score (nSPS) is 11.9. The van der Waals surface area contributed by atoms with E-state index in [-0.39, 0.29) is 5.69 Å². The first-order valence-electron chi connectivity index (χ1n) is 6.00. The fraction of sp³-hybridized carbons (Fsp3) is 0.143. The van der Waals surface area contributed by atoms with E-state index in [0.717, 1.165) is 10.5 Å². The van der Waals surface area contributed by atoms with Crippen molar-refractivity contribution in [3.63, 3.8) is 0 Å². The molecular formula is C14H10BrF3N2O2. The molecule has 0 saturated carbocycles. The van der Waals surface area contributed by atoms with E-state index in [2.05, 4.69) is 20.9 Å². The first-order chi connectivity index (χ1) is 10.3. The Hall–Kier alpha value is -2.09. The molecule has 1 aromatic carbocycles. The predicted octanol–water partition coefficient (Wildman–Crippen LogP) is 3.73. The van der Waals surface area contributed by atoms with Gasteiger partial charge in [-0.25, -0.2) is 4.79 Å². The van der Waals surface area contributed by atoms with E-state index < -0.39 is 17.6 Å². The fourth-order valence-corrected chi connectivity index (χ4v) is 2.10. The van der Waals surface area contributed by atoms with Gasteiger partial charge in [0.1, 0.15) is 11.4 Å². The van der Waals surface area contributed by atoms with Crippen LogP contribution in [0.5, 0.6) is 5.75 Å². The lowest BCUT2D eigenvalue weighted by molar-refractivity contribution is -0.141. The molecule has 0 amide bonds. The molecule has 0 atom stereocenters. The molecule has 1 heterocycles. The summed E-state index contributed by atoms with van der Waals surface area (Å²) in [6.45, 7) is 0. The Morgan fingerprint density at radius 3 is 2.64 bits per heavy atom. The Kier molecular flexibility index (Phi) is 4.70. The summed E-state index contributed by atoms with van der Waals surface area (Å²) >= 11 is 3.29. The molecule has 2 aromatic rings. The third-order valence-corrected chi connectivity index (χ3v) is 3.19. The largest absolute Gasteiger partial charge is 0.496 e. The van der Waals surface area contributed by atoms with Crippen LogP contribution in [-0.2, 0) is 6.18 Å². The van der Waals surface area contributed by atoms with Crippen LogP contribution in [0.2, 0.25) is 0 Å². The minimum Gasteiger partial charge on any atom is -0.496 e. The average molecular weight is 375 g/mol. The van der Waals surface area contributed by atoms with Crippen molar-refractivity contribution in [1.82, 2.24) is 9.97 Å². The maximum absolute atomic E-state index is 12.6. The minimum absolute atomic E-state index is 0.0990. The van der Waals surface area contributed by atoms with Crippen molar-refractivity contribution < 1.29 is 17.9 Å². The van der Waals surface area contributed by atoms with Crippen molar-refractivity contribution in [3.05, 3.63) is 56.2 Å². The minimum atomic E-state index is -4.64. The first kappa shape index (κ1) is 16.3. The highest BCUT2D eigenvalue weighted by Gasteiger charge is 2.32. The number of nitrogens with one attached hydrogen (secondary N) is 1. The highest BCUT2D eigenvalue weighted by Crippen LogP contribution is 2.28. The van der Waals surface area contributed by atoms with E-state index in [1.807, 2.05) is 0 Å². The standard InChI is InChI=1S/C14H10BrF3N2O2/c1-22-11-5-3-9(15)6-8(11)2-4-10-7-12(14(16,17)18)20-13(21)19-10/h2-7H,1H3,(H,19,20,21). The van der Waals surface area contributed by atoms with Gasteiger partial charge in [0.25, 0.3) is 0 Å². The summed E-state index contributed by atoms with van der Waals surface area (Å²) in [5.74, 6) is 0.542. The third kappa shape index (κ3) is 3.97. The van der Waals surface area contributed by atoms with Gasteiger partial charge < -0.3 is 9.72 Å². The molecule has 0 unspecified atom stereocenters. The van der Waals surface area contributed by atoms with E-state index in [9.17, 15) is 18.0 Å². The van der Waals surface area contributed by atoms with E-state index in [1.54, 1.807) is 23.2 Å². The monoisotopic (exact) mass is 374 g/mol. The first-order valence-corrected chi connectivity index (χ1v) is 6.79. The van der Waals surface area contributed by atoms with Crippen molar-refractivity contribution in [1.29, 1.82) is 0 Å². The molecule has 8 heteroatoms. The molecule has 22 heavy (non-hydrogen) atoms. The Balaban J connectivity index is 2.41. The summed E-state index contributed by atoms with van der Waals surface area (Å²) < 4.78 is 43.8. The summed E-state index contributed by atoms with van der Waals surface area (Å²) in [4.78, 5) is 16.4. The van der Waals surface area contributed by atoms with Crippen LogP contribution in [0.1, 0.15) is 17.0 Å². The van der Waals surface area contributed by atoms with Gasteiger partial charge in [-0.1, -0.05) is 15.9 Å². The topological polar surface area (TPSA) is 55.0 Å². The van der Waals surface area contributed by atoms with Crippen LogP contribution in [0.4, 0.5) is 13.2 Å². The number of H-pyrrole nitrogens is 1. The van der Waals surface area contributed by atoms with Gasteiger partial charge in [-0.05, 0) is 36.4 Å². The molecule has 0 aliphatic carbocycles. The highest BCUT2D eigenvalue weighted by molar-refractivity contribution is 9.10. The molecule has 116 valence electrons. The van der Waals surface area contributed by atoms with Crippen LogP contribution in [0.15, 0.2) is 33.5 Å². The molecule has 0 saturated heterocycles. The second kappa shape index (κ2) is 6.35. The fourth-order valence-electron chi connectivity index (χ4n) is 1.73. The van der Waals surface area contributed by atoms with Crippen molar-refractivity contribution in [2.24, 2.45) is 0 Å². The third-order valence-electron chi connectivity index (χ3n) is 2.70. The Morgan fingerprint density at radius 2 is 2.00 bits per heavy atom. The van der Waals surface area contributed by atoms with Gasteiger partial charge in [0, 0.05) is 10.0 Å². The number of rotatable bonds is 3. The summed E-state index contributed by atoms with van der Waals surface area (Å²) in [5, 5.41) is 0. The number of ether oxygens (including phenoxy) is 1. The number of hydrogen-bond donors (Lipinski definition) is 1. The molecule has 0 radical (unpaired) electrons. The van der Waals surface area contributed by atoms with Crippen LogP contribution < -0.4 is 10.4 Å². The lowest BCUT2D eigenvalue weighted by Crippen LogP contribution is -2.19. The number of halogens is 4. The van der Waals surface area contributed by atoms with E-state index >= 15 is 0 Å². The Morgan fingerprint density at radius 1 is 1.27 bits per heavy atom. The van der Waals surface area contributed by atoms with E-state index in [0.29, 0.717) is 11.3 Å².